The number of hydrogen-bond donors (Lipinski definition) is 1. The highest BCUT2D eigenvalue weighted by atomic mass is 32.2. The maximum absolute atomic E-state index is 13.8. The fourth-order valence-electron chi connectivity index (χ4n) is 1.94. The second-order valence-electron chi connectivity index (χ2n) is 4.38. The van der Waals surface area contributed by atoms with Crippen LogP contribution in [0.5, 0.6) is 0 Å². The average molecular weight is 317 g/mol. The molecule has 1 aromatic rings. The topological polar surface area (TPSA) is 110 Å². The number of nitrogens with one attached hydrogen (secondary N) is 1. The van der Waals surface area contributed by atoms with Crippen LogP contribution in [-0.4, -0.2) is 43.2 Å². The van der Waals surface area contributed by atoms with Gasteiger partial charge in [0.05, 0.1) is 11.0 Å². The lowest BCUT2D eigenvalue weighted by atomic mass is 10.3. The van der Waals surface area contributed by atoms with Gasteiger partial charge in [-0.3, -0.25) is 14.9 Å². The van der Waals surface area contributed by atoms with Gasteiger partial charge in [0.1, 0.15) is 10.7 Å². The Morgan fingerprint density at radius 3 is 2.67 bits per heavy atom. The number of carbonyl (C=O) groups is 1. The van der Waals surface area contributed by atoms with Crippen molar-refractivity contribution in [3.63, 3.8) is 0 Å². The van der Waals surface area contributed by atoms with E-state index in [1.807, 2.05) is 0 Å². The number of amides is 1. The summed E-state index contributed by atoms with van der Waals surface area (Å²) < 4.78 is 39.5. The van der Waals surface area contributed by atoms with Crippen molar-refractivity contribution in [2.24, 2.45) is 0 Å². The number of benzene rings is 1. The zero-order valence-corrected chi connectivity index (χ0v) is 11.6. The van der Waals surface area contributed by atoms with Crippen molar-refractivity contribution in [3.8, 4) is 0 Å². The van der Waals surface area contributed by atoms with E-state index in [-0.39, 0.29) is 32.0 Å². The fourth-order valence-corrected chi connectivity index (χ4v) is 3.43. The standard InChI is InChI=1S/C11H12FN3O5S/c12-9-7-8(15(17)18)1-2-10(9)21(19,20)14-5-3-11(16)13-4-6-14/h1-2,7H,3-6H2,(H,13,16). The van der Waals surface area contributed by atoms with Gasteiger partial charge in [0.2, 0.25) is 15.9 Å². The molecule has 0 aromatic heterocycles. The van der Waals surface area contributed by atoms with E-state index in [4.69, 9.17) is 0 Å². The molecule has 0 bridgehead atoms. The summed E-state index contributed by atoms with van der Waals surface area (Å²) in [5.74, 6) is -1.47. The Labute approximate surface area is 119 Å². The molecule has 1 saturated heterocycles. The molecule has 1 amide bonds. The molecule has 10 heteroatoms. The number of rotatable bonds is 3. The molecule has 0 aliphatic carbocycles. The van der Waals surface area contributed by atoms with Crippen molar-refractivity contribution in [1.82, 2.24) is 9.62 Å². The Hall–Kier alpha value is -2.07. The normalized spacial score (nSPS) is 17.1. The van der Waals surface area contributed by atoms with Crippen molar-refractivity contribution < 1.29 is 22.5 Å². The molecule has 0 atom stereocenters. The molecule has 2 rings (SSSR count). The van der Waals surface area contributed by atoms with E-state index in [1.54, 1.807) is 0 Å². The first-order valence-corrected chi connectivity index (χ1v) is 7.47. The van der Waals surface area contributed by atoms with Crippen LogP contribution in [0.1, 0.15) is 6.42 Å². The maximum atomic E-state index is 13.8. The van der Waals surface area contributed by atoms with Crippen LogP contribution in [0.15, 0.2) is 23.1 Å². The van der Waals surface area contributed by atoms with Gasteiger partial charge in [-0.15, -0.1) is 0 Å². The Morgan fingerprint density at radius 1 is 1.33 bits per heavy atom. The molecular formula is C11H12FN3O5S. The van der Waals surface area contributed by atoms with Gasteiger partial charge in [0.25, 0.3) is 5.69 Å². The second kappa shape index (κ2) is 5.74. The third kappa shape index (κ3) is 3.16. The Kier molecular flexibility index (Phi) is 4.19. The summed E-state index contributed by atoms with van der Waals surface area (Å²) in [6, 6.07) is 2.36. The van der Waals surface area contributed by atoms with Crippen LogP contribution in [0.25, 0.3) is 0 Å². The van der Waals surface area contributed by atoms with Gasteiger partial charge in [-0.25, -0.2) is 12.8 Å². The minimum atomic E-state index is -4.14. The fraction of sp³-hybridized carbons (Fsp3) is 0.364. The summed E-state index contributed by atoms with van der Waals surface area (Å²) in [7, 11) is -4.14. The summed E-state index contributed by atoms with van der Waals surface area (Å²) in [5, 5.41) is 13.0. The van der Waals surface area contributed by atoms with Gasteiger partial charge >= 0.3 is 0 Å². The Balaban J connectivity index is 2.35. The molecule has 1 fully saturated rings. The van der Waals surface area contributed by atoms with E-state index >= 15 is 0 Å². The number of hydrogen-bond acceptors (Lipinski definition) is 5. The number of sulfonamides is 1. The molecular weight excluding hydrogens is 305 g/mol. The van der Waals surface area contributed by atoms with E-state index in [9.17, 15) is 27.7 Å². The number of nitrogens with zero attached hydrogens (tertiary/aromatic N) is 2. The summed E-state index contributed by atoms with van der Waals surface area (Å²) >= 11 is 0. The van der Waals surface area contributed by atoms with Crippen LogP contribution in [0.3, 0.4) is 0 Å². The quantitative estimate of drug-likeness (QED) is 0.634. The van der Waals surface area contributed by atoms with Gasteiger partial charge in [-0.05, 0) is 6.07 Å². The van der Waals surface area contributed by atoms with Crippen LogP contribution in [-0.2, 0) is 14.8 Å². The zero-order valence-electron chi connectivity index (χ0n) is 10.8. The molecule has 1 aliphatic heterocycles. The zero-order chi connectivity index (χ0) is 15.6. The SMILES string of the molecule is O=C1CCN(S(=O)(=O)c2ccc([N+](=O)[O-])cc2F)CCN1. The monoisotopic (exact) mass is 317 g/mol. The van der Waals surface area contributed by atoms with Crippen LogP contribution < -0.4 is 5.32 Å². The first kappa shape index (κ1) is 15.3. The Morgan fingerprint density at radius 2 is 2.05 bits per heavy atom. The molecule has 0 unspecified atom stereocenters. The van der Waals surface area contributed by atoms with Gasteiger partial charge in [-0.1, -0.05) is 0 Å². The third-order valence-electron chi connectivity index (χ3n) is 3.02. The van der Waals surface area contributed by atoms with E-state index in [2.05, 4.69) is 5.32 Å². The number of nitro benzene ring substituents is 1. The van der Waals surface area contributed by atoms with E-state index in [1.165, 1.54) is 0 Å². The summed E-state index contributed by atoms with van der Waals surface area (Å²) in [6.07, 6.45) is -0.0200. The lowest BCUT2D eigenvalue weighted by Gasteiger charge is -2.19. The molecule has 0 saturated carbocycles. The lowest BCUT2D eigenvalue weighted by Crippen LogP contribution is -2.34. The summed E-state index contributed by atoms with van der Waals surface area (Å²) in [5.41, 5.74) is -0.529. The van der Waals surface area contributed by atoms with Gasteiger partial charge in [0, 0.05) is 32.1 Å². The van der Waals surface area contributed by atoms with Crippen molar-refractivity contribution in [2.75, 3.05) is 19.6 Å². The van der Waals surface area contributed by atoms with Crippen LogP contribution in [0.4, 0.5) is 10.1 Å². The molecule has 1 N–H and O–H groups in total. The van der Waals surface area contributed by atoms with E-state index < -0.39 is 31.3 Å². The first-order chi connectivity index (χ1) is 9.82. The largest absolute Gasteiger partial charge is 0.355 e. The molecule has 0 radical (unpaired) electrons. The van der Waals surface area contributed by atoms with Crippen molar-refractivity contribution in [1.29, 1.82) is 0 Å². The predicted octanol–water partition coefficient (Wildman–Crippen LogP) is 0.245. The highest BCUT2D eigenvalue weighted by Crippen LogP contribution is 2.23. The van der Waals surface area contributed by atoms with Gasteiger partial charge in [-0.2, -0.15) is 4.31 Å². The first-order valence-electron chi connectivity index (χ1n) is 6.03. The number of carbonyl (C=O) groups excluding carboxylic acids is 1. The minimum absolute atomic E-state index is 0.0184. The average Bonchev–Trinajstić information content (AvgIpc) is 2.63. The molecule has 0 spiro atoms. The molecule has 21 heavy (non-hydrogen) atoms. The number of non-ortho nitro benzene ring substituents is 1. The van der Waals surface area contributed by atoms with Crippen LogP contribution in [0.2, 0.25) is 0 Å². The minimum Gasteiger partial charge on any atom is -0.355 e. The number of halogens is 1. The molecule has 8 nitrogen and oxygen atoms in total. The van der Waals surface area contributed by atoms with Gasteiger partial charge in [0.15, 0.2) is 0 Å². The molecule has 1 aliphatic rings. The highest BCUT2D eigenvalue weighted by molar-refractivity contribution is 7.89. The molecule has 114 valence electrons. The third-order valence-corrected chi connectivity index (χ3v) is 4.95. The molecule has 1 heterocycles. The van der Waals surface area contributed by atoms with Crippen LogP contribution in [0, 0.1) is 15.9 Å². The van der Waals surface area contributed by atoms with Crippen molar-refractivity contribution in [2.45, 2.75) is 11.3 Å². The molecule has 1 aromatic carbocycles. The van der Waals surface area contributed by atoms with Crippen LogP contribution >= 0.6 is 0 Å². The maximum Gasteiger partial charge on any atom is 0.272 e. The number of nitro groups is 1. The second-order valence-corrected chi connectivity index (χ2v) is 6.28. The lowest BCUT2D eigenvalue weighted by molar-refractivity contribution is -0.385. The summed E-state index contributed by atoms with van der Waals surface area (Å²) in [4.78, 5) is 20.3. The summed E-state index contributed by atoms with van der Waals surface area (Å²) in [6.45, 7) is 0.0851. The smallest absolute Gasteiger partial charge is 0.272 e. The van der Waals surface area contributed by atoms with Crippen molar-refractivity contribution in [3.05, 3.63) is 34.1 Å². The predicted molar refractivity (Wildman–Crippen MR) is 69.4 cm³/mol. The Bertz CT molecular complexity index is 691. The van der Waals surface area contributed by atoms with Crippen molar-refractivity contribution >= 4 is 21.6 Å². The highest BCUT2D eigenvalue weighted by Gasteiger charge is 2.30. The van der Waals surface area contributed by atoms with E-state index in [0.717, 1.165) is 16.4 Å². The van der Waals surface area contributed by atoms with E-state index in [0.29, 0.717) is 6.07 Å². The van der Waals surface area contributed by atoms with Gasteiger partial charge < -0.3 is 5.32 Å².